The van der Waals surface area contributed by atoms with E-state index in [9.17, 15) is 10.4 Å². The molecule has 0 fully saturated rings. The lowest BCUT2D eigenvalue weighted by Gasteiger charge is -2.08. The Bertz CT molecular complexity index is 1160. The van der Waals surface area contributed by atoms with Crippen molar-refractivity contribution in [3.05, 3.63) is 66.2 Å². The highest BCUT2D eigenvalue weighted by molar-refractivity contribution is 7.99. The summed E-state index contributed by atoms with van der Waals surface area (Å²) in [6.07, 6.45) is 0. The van der Waals surface area contributed by atoms with Crippen molar-refractivity contribution >= 4 is 28.4 Å². The number of nitriles is 1. The number of thioether (sulfide) groups is 1. The molecule has 1 atom stereocenters. The van der Waals surface area contributed by atoms with Crippen LogP contribution in [-0.4, -0.2) is 30.5 Å². The molecule has 2 N–H and O–H groups in total. The van der Waals surface area contributed by atoms with Crippen LogP contribution in [0, 0.1) is 11.3 Å². The van der Waals surface area contributed by atoms with E-state index in [4.69, 9.17) is 4.42 Å². The van der Waals surface area contributed by atoms with E-state index in [1.165, 1.54) is 11.8 Å². The summed E-state index contributed by atoms with van der Waals surface area (Å²) in [5.41, 5.74) is 2.42. The maximum atomic E-state index is 10.6. The number of benzene rings is 2. The first-order valence-corrected chi connectivity index (χ1v) is 9.37. The summed E-state index contributed by atoms with van der Waals surface area (Å²) in [6.45, 7) is 1.76. The molecule has 0 spiro atoms. The fourth-order valence-corrected chi connectivity index (χ4v) is 3.41. The average Bonchev–Trinajstić information content (AvgIpc) is 3.36. The van der Waals surface area contributed by atoms with Crippen LogP contribution >= 0.6 is 11.8 Å². The van der Waals surface area contributed by atoms with Gasteiger partial charge >= 0.3 is 0 Å². The monoisotopic (exact) mass is 389 g/mol. The summed E-state index contributed by atoms with van der Waals surface area (Å²) in [4.78, 5) is 7.44. The number of aromatic nitrogens is 4. The minimum absolute atomic E-state index is 0.0824. The van der Waals surface area contributed by atoms with Crippen molar-refractivity contribution < 1.29 is 9.52 Å². The van der Waals surface area contributed by atoms with Crippen LogP contribution in [-0.2, 0) is 0 Å². The molecule has 0 saturated heterocycles. The number of H-pyrrole nitrogens is 1. The lowest BCUT2D eigenvalue weighted by molar-refractivity contribution is 0.399. The Labute approximate surface area is 164 Å². The lowest BCUT2D eigenvalue weighted by atomic mass is 10.2. The SMILES string of the molecule is CC(Sc1nnc(-c2ccccc2)o1)C(O)=C(C#N)c1nc2ccccc2[nH]1. The van der Waals surface area contributed by atoms with Crippen LogP contribution < -0.4 is 0 Å². The molecular weight excluding hydrogens is 374 g/mol. The van der Waals surface area contributed by atoms with E-state index in [2.05, 4.69) is 20.2 Å². The zero-order chi connectivity index (χ0) is 19.5. The van der Waals surface area contributed by atoms with Crippen molar-refractivity contribution in [1.82, 2.24) is 20.2 Å². The third-order valence-corrected chi connectivity index (χ3v) is 5.03. The van der Waals surface area contributed by atoms with E-state index in [0.717, 1.165) is 16.6 Å². The van der Waals surface area contributed by atoms with Crippen LogP contribution in [0.25, 0.3) is 28.1 Å². The fourth-order valence-electron chi connectivity index (χ4n) is 2.67. The quantitative estimate of drug-likeness (QED) is 0.292. The number of aromatic amines is 1. The number of rotatable bonds is 5. The molecule has 4 rings (SSSR count). The molecule has 0 aliphatic heterocycles. The third-order valence-electron chi connectivity index (χ3n) is 4.08. The lowest BCUT2D eigenvalue weighted by Crippen LogP contribution is -2.04. The number of hydrogen-bond donors (Lipinski definition) is 2. The second-order valence-electron chi connectivity index (χ2n) is 5.97. The molecule has 0 aliphatic rings. The molecule has 1 unspecified atom stereocenters. The van der Waals surface area contributed by atoms with Gasteiger partial charge in [0.05, 0.1) is 16.3 Å². The predicted molar refractivity (Wildman–Crippen MR) is 106 cm³/mol. The van der Waals surface area contributed by atoms with Gasteiger partial charge in [0, 0.05) is 5.56 Å². The second-order valence-corrected chi connectivity index (χ2v) is 7.27. The van der Waals surface area contributed by atoms with Crippen LogP contribution in [0.15, 0.2) is 70.0 Å². The molecule has 8 heteroatoms. The topological polar surface area (TPSA) is 112 Å². The van der Waals surface area contributed by atoms with E-state index in [1.807, 2.05) is 60.7 Å². The van der Waals surface area contributed by atoms with Crippen molar-refractivity contribution in [2.45, 2.75) is 17.4 Å². The number of aliphatic hydroxyl groups is 1. The molecule has 0 aliphatic carbocycles. The molecule has 2 aromatic carbocycles. The van der Waals surface area contributed by atoms with Gasteiger partial charge in [0.15, 0.2) is 5.82 Å². The number of allylic oxidation sites excluding steroid dienone is 1. The minimum Gasteiger partial charge on any atom is -0.510 e. The molecule has 0 saturated carbocycles. The van der Waals surface area contributed by atoms with E-state index >= 15 is 0 Å². The molecule has 7 nitrogen and oxygen atoms in total. The van der Waals surface area contributed by atoms with Gasteiger partial charge in [-0.25, -0.2) is 4.98 Å². The van der Waals surface area contributed by atoms with Crippen LogP contribution in [0.3, 0.4) is 0 Å². The van der Waals surface area contributed by atoms with Crippen LogP contribution in [0.4, 0.5) is 0 Å². The maximum Gasteiger partial charge on any atom is 0.277 e. The van der Waals surface area contributed by atoms with E-state index in [1.54, 1.807) is 6.92 Å². The van der Waals surface area contributed by atoms with Crippen molar-refractivity contribution in [2.24, 2.45) is 0 Å². The number of nitrogens with one attached hydrogen (secondary N) is 1. The molecule has 0 radical (unpaired) electrons. The molecule has 138 valence electrons. The first-order chi connectivity index (χ1) is 13.7. The third kappa shape index (κ3) is 3.48. The average molecular weight is 389 g/mol. The zero-order valence-corrected chi connectivity index (χ0v) is 15.6. The van der Waals surface area contributed by atoms with Crippen molar-refractivity contribution in [1.29, 1.82) is 5.26 Å². The highest BCUT2D eigenvalue weighted by atomic mass is 32.2. The van der Waals surface area contributed by atoms with Gasteiger partial charge in [-0.05, 0) is 31.2 Å². The van der Waals surface area contributed by atoms with Crippen LogP contribution in [0.2, 0.25) is 0 Å². The van der Waals surface area contributed by atoms with Gasteiger partial charge in [0.1, 0.15) is 17.4 Å². The van der Waals surface area contributed by atoms with Gasteiger partial charge in [-0.15, -0.1) is 10.2 Å². The first-order valence-electron chi connectivity index (χ1n) is 8.49. The van der Waals surface area contributed by atoms with Crippen molar-refractivity contribution in [3.8, 4) is 17.5 Å². The molecule has 2 aromatic heterocycles. The van der Waals surface area contributed by atoms with Gasteiger partial charge in [-0.2, -0.15) is 5.26 Å². The van der Waals surface area contributed by atoms with Gasteiger partial charge in [-0.1, -0.05) is 42.1 Å². The van der Waals surface area contributed by atoms with Crippen molar-refractivity contribution in [2.75, 3.05) is 0 Å². The van der Waals surface area contributed by atoms with Crippen molar-refractivity contribution in [3.63, 3.8) is 0 Å². The number of aliphatic hydroxyl groups excluding tert-OH is 1. The largest absolute Gasteiger partial charge is 0.510 e. The molecular formula is C20H15N5O2S. The number of hydrogen-bond acceptors (Lipinski definition) is 7. The second kappa shape index (κ2) is 7.58. The summed E-state index contributed by atoms with van der Waals surface area (Å²) in [5, 5.41) is 28.1. The highest BCUT2D eigenvalue weighted by Crippen LogP contribution is 2.31. The number of fused-ring (bicyclic) bond motifs is 1. The molecule has 2 heterocycles. The Hall–Kier alpha value is -3.57. The number of para-hydroxylation sites is 2. The smallest absolute Gasteiger partial charge is 0.277 e. The maximum absolute atomic E-state index is 10.6. The predicted octanol–water partition coefficient (Wildman–Crippen LogP) is 4.59. The highest BCUT2D eigenvalue weighted by Gasteiger charge is 2.21. The van der Waals surface area contributed by atoms with Crippen LogP contribution in [0.5, 0.6) is 0 Å². The Morgan fingerprint density at radius 1 is 1.14 bits per heavy atom. The van der Waals surface area contributed by atoms with E-state index < -0.39 is 5.25 Å². The number of imidazole rings is 1. The normalized spacial score (nSPS) is 13.1. The van der Waals surface area contributed by atoms with E-state index in [0.29, 0.717) is 16.9 Å². The zero-order valence-electron chi connectivity index (χ0n) is 14.8. The Morgan fingerprint density at radius 2 is 1.89 bits per heavy atom. The standard InChI is InChI=1S/C20H15N5O2S/c1-12(28-20-25-24-19(27-20)13-7-3-2-4-8-13)17(26)14(11-21)18-22-15-9-5-6-10-16(15)23-18/h2-10,12,26H,1H3,(H,22,23). The molecule has 4 aromatic rings. The Morgan fingerprint density at radius 3 is 2.64 bits per heavy atom. The summed E-state index contributed by atoms with van der Waals surface area (Å²) in [5.74, 6) is 0.617. The van der Waals surface area contributed by atoms with E-state index in [-0.39, 0.29) is 11.3 Å². The van der Waals surface area contributed by atoms with Gasteiger partial charge in [0.25, 0.3) is 5.22 Å². The molecule has 0 amide bonds. The summed E-state index contributed by atoms with van der Waals surface area (Å²) < 4.78 is 5.66. The fraction of sp³-hybridized carbons (Fsp3) is 0.100. The molecule has 0 bridgehead atoms. The Balaban J connectivity index is 1.58. The van der Waals surface area contributed by atoms with Gasteiger partial charge in [-0.3, -0.25) is 0 Å². The van der Waals surface area contributed by atoms with Crippen LogP contribution in [0.1, 0.15) is 12.7 Å². The summed E-state index contributed by atoms with van der Waals surface area (Å²) in [7, 11) is 0. The summed E-state index contributed by atoms with van der Waals surface area (Å²) in [6, 6.07) is 18.9. The van der Waals surface area contributed by atoms with Gasteiger partial charge < -0.3 is 14.5 Å². The Kier molecular flexibility index (Phi) is 4.83. The first kappa shape index (κ1) is 17.8. The number of nitrogens with zero attached hydrogens (tertiary/aromatic N) is 4. The summed E-state index contributed by atoms with van der Waals surface area (Å²) >= 11 is 1.17. The van der Waals surface area contributed by atoms with Gasteiger partial charge in [0.2, 0.25) is 5.89 Å². The molecule has 28 heavy (non-hydrogen) atoms. The minimum atomic E-state index is -0.480.